The molecule has 21 heavy (non-hydrogen) atoms. The molecule has 2 heterocycles. The smallest absolute Gasteiger partial charge is 0.205 e. The van der Waals surface area contributed by atoms with Crippen LogP contribution in [0.5, 0.6) is 0 Å². The van der Waals surface area contributed by atoms with Crippen molar-refractivity contribution in [2.75, 3.05) is 0 Å². The van der Waals surface area contributed by atoms with E-state index in [9.17, 15) is 10.1 Å². The molecule has 3 rings (SSSR count). The fourth-order valence-electron chi connectivity index (χ4n) is 3.06. The molecule has 0 unspecified atom stereocenters. The van der Waals surface area contributed by atoms with Gasteiger partial charge in [0.25, 0.3) is 0 Å². The van der Waals surface area contributed by atoms with Gasteiger partial charge in [-0.15, -0.1) is 0 Å². The summed E-state index contributed by atoms with van der Waals surface area (Å²) in [5.41, 5.74) is 7.28. The monoisotopic (exact) mass is 284 g/mol. The molecule has 1 atom stereocenters. The van der Waals surface area contributed by atoms with Crippen LogP contribution in [0.15, 0.2) is 45.8 Å². The summed E-state index contributed by atoms with van der Waals surface area (Å²) >= 11 is 0. The first-order chi connectivity index (χ1) is 9.93. The van der Waals surface area contributed by atoms with E-state index in [0.29, 0.717) is 24.2 Å². The number of carbonyl (C=O) groups is 1. The minimum absolute atomic E-state index is 0.00713. The highest BCUT2D eigenvalue weighted by Gasteiger charge is 2.43. The first-order valence-electron chi connectivity index (χ1n) is 6.79. The SMILES string of the molecule is CC1(C)CC(=O)C2=C(C1)OC(N)=C(C#N)[C@@H]2c1ccoc1. The van der Waals surface area contributed by atoms with Crippen LogP contribution in [0.3, 0.4) is 0 Å². The summed E-state index contributed by atoms with van der Waals surface area (Å²) in [6.07, 6.45) is 4.12. The van der Waals surface area contributed by atoms with Crippen molar-refractivity contribution in [1.82, 2.24) is 0 Å². The van der Waals surface area contributed by atoms with Gasteiger partial charge in [0.1, 0.15) is 17.4 Å². The largest absolute Gasteiger partial charge is 0.472 e. The molecular formula is C16H16N2O3. The molecule has 5 heteroatoms. The molecule has 0 radical (unpaired) electrons. The van der Waals surface area contributed by atoms with Crippen LogP contribution in [0.4, 0.5) is 0 Å². The molecule has 1 aliphatic heterocycles. The predicted molar refractivity (Wildman–Crippen MR) is 74.4 cm³/mol. The Bertz CT molecular complexity index is 702. The summed E-state index contributed by atoms with van der Waals surface area (Å²) in [6, 6.07) is 3.82. The van der Waals surface area contributed by atoms with Gasteiger partial charge < -0.3 is 14.9 Å². The Labute approximate surface area is 122 Å². The van der Waals surface area contributed by atoms with Crippen LogP contribution in [0, 0.1) is 16.7 Å². The molecule has 2 N–H and O–H groups in total. The van der Waals surface area contributed by atoms with Gasteiger partial charge in [-0.1, -0.05) is 13.8 Å². The van der Waals surface area contributed by atoms with E-state index >= 15 is 0 Å². The highest BCUT2D eigenvalue weighted by Crippen LogP contribution is 2.47. The van der Waals surface area contributed by atoms with E-state index in [1.54, 1.807) is 6.07 Å². The van der Waals surface area contributed by atoms with Gasteiger partial charge in [0, 0.05) is 24.0 Å². The van der Waals surface area contributed by atoms with E-state index in [4.69, 9.17) is 14.9 Å². The lowest BCUT2D eigenvalue weighted by Crippen LogP contribution is -2.33. The van der Waals surface area contributed by atoms with Gasteiger partial charge in [0.15, 0.2) is 5.78 Å². The Morgan fingerprint density at radius 2 is 2.19 bits per heavy atom. The number of nitriles is 1. The van der Waals surface area contributed by atoms with Crippen molar-refractivity contribution in [1.29, 1.82) is 5.26 Å². The quantitative estimate of drug-likeness (QED) is 0.856. The molecule has 0 saturated carbocycles. The lowest BCUT2D eigenvalue weighted by atomic mass is 9.70. The number of carbonyl (C=O) groups excluding carboxylic acids is 1. The number of allylic oxidation sites excluding steroid dienone is 3. The average molecular weight is 284 g/mol. The Morgan fingerprint density at radius 3 is 2.81 bits per heavy atom. The van der Waals surface area contributed by atoms with Crippen molar-refractivity contribution in [2.45, 2.75) is 32.6 Å². The molecule has 0 bridgehead atoms. The number of hydrogen-bond acceptors (Lipinski definition) is 5. The van der Waals surface area contributed by atoms with E-state index in [1.807, 2.05) is 13.8 Å². The highest BCUT2D eigenvalue weighted by molar-refractivity contribution is 6.00. The number of hydrogen-bond donors (Lipinski definition) is 1. The number of rotatable bonds is 1. The van der Waals surface area contributed by atoms with Crippen LogP contribution in [0.1, 0.15) is 38.2 Å². The fourth-order valence-corrected chi connectivity index (χ4v) is 3.06. The number of furan rings is 1. The predicted octanol–water partition coefficient (Wildman–Crippen LogP) is 2.73. The fraction of sp³-hybridized carbons (Fsp3) is 0.375. The average Bonchev–Trinajstić information content (AvgIpc) is 2.88. The van der Waals surface area contributed by atoms with E-state index < -0.39 is 5.92 Å². The third-order valence-electron chi connectivity index (χ3n) is 3.95. The number of ether oxygens (including phenoxy) is 1. The molecule has 0 fully saturated rings. The van der Waals surface area contributed by atoms with Crippen molar-refractivity contribution < 1.29 is 13.9 Å². The molecule has 0 aromatic carbocycles. The van der Waals surface area contributed by atoms with Crippen LogP contribution >= 0.6 is 0 Å². The zero-order valence-electron chi connectivity index (χ0n) is 12.0. The summed E-state index contributed by atoms with van der Waals surface area (Å²) in [7, 11) is 0. The summed E-state index contributed by atoms with van der Waals surface area (Å²) < 4.78 is 10.7. The minimum Gasteiger partial charge on any atom is -0.472 e. The normalized spacial score (nSPS) is 24.4. The Kier molecular flexibility index (Phi) is 2.91. The van der Waals surface area contributed by atoms with Crippen LogP contribution in [-0.4, -0.2) is 5.78 Å². The van der Waals surface area contributed by atoms with Crippen molar-refractivity contribution in [3.63, 3.8) is 0 Å². The van der Waals surface area contributed by atoms with E-state index in [2.05, 4.69) is 6.07 Å². The zero-order valence-corrected chi connectivity index (χ0v) is 12.0. The molecule has 2 aliphatic rings. The van der Waals surface area contributed by atoms with E-state index in [-0.39, 0.29) is 22.7 Å². The third-order valence-corrected chi connectivity index (χ3v) is 3.95. The van der Waals surface area contributed by atoms with Gasteiger partial charge in [-0.3, -0.25) is 4.79 Å². The molecule has 0 saturated heterocycles. The van der Waals surface area contributed by atoms with Gasteiger partial charge in [0.2, 0.25) is 5.88 Å². The van der Waals surface area contributed by atoms with E-state index in [0.717, 1.165) is 5.56 Å². The van der Waals surface area contributed by atoms with Gasteiger partial charge >= 0.3 is 0 Å². The molecule has 1 aliphatic carbocycles. The third kappa shape index (κ3) is 2.13. The Balaban J connectivity index is 2.17. The summed E-state index contributed by atoms with van der Waals surface area (Å²) in [6.45, 7) is 4.04. The second-order valence-electron chi connectivity index (χ2n) is 6.26. The van der Waals surface area contributed by atoms with Crippen molar-refractivity contribution >= 4 is 5.78 Å². The first-order valence-corrected chi connectivity index (χ1v) is 6.79. The summed E-state index contributed by atoms with van der Waals surface area (Å²) in [5, 5.41) is 9.38. The maximum atomic E-state index is 12.6. The lowest BCUT2D eigenvalue weighted by molar-refractivity contribution is -0.119. The highest BCUT2D eigenvalue weighted by atomic mass is 16.5. The van der Waals surface area contributed by atoms with Crippen LogP contribution < -0.4 is 5.73 Å². The molecule has 1 aromatic heterocycles. The number of Topliss-reactive ketones (excluding diaryl/α,β-unsaturated/α-hetero) is 1. The molecular weight excluding hydrogens is 268 g/mol. The topological polar surface area (TPSA) is 89.2 Å². The lowest BCUT2D eigenvalue weighted by Gasteiger charge is -2.36. The minimum atomic E-state index is -0.485. The molecule has 108 valence electrons. The summed E-state index contributed by atoms with van der Waals surface area (Å²) in [4.78, 5) is 12.6. The van der Waals surface area contributed by atoms with Crippen molar-refractivity contribution in [3.8, 4) is 6.07 Å². The number of nitrogens with two attached hydrogens (primary N) is 1. The number of nitrogens with zero attached hydrogens (tertiary/aromatic N) is 1. The van der Waals surface area contributed by atoms with Crippen LogP contribution in [0.2, 0.25) is 0 Å². The van der Waals surface area contributed by atoms with Gasteiger partial charge in [-0.05, 0) is 11.5 Å². The van der Waals surface area contributed by atoms with Crippen molar-refractivity contribution in [2.24, 2.45) is 11.1 Å². The molecule has 0 amide bonds. The molecule has 1 aromatic rings. The van der Waals surface area contributed by atoms with Gasteiger partial charge in [-0.25, -0.2) is 0 Å². The first kappa shape index (κ1) is 13.5. The second-order valence-corrected chi connectivity index (χ2v) is 6.26. The van der Waals surface area contributed by atoms with Gasteiger partial charge in [-0.2, -0.15) is 5.26 Å². The van der Waals surface area contributed by atoms with Crippen molar-refractivity contribution in [3.05, 3.63) is 46.9 Å². The number of ketones is 1. The molecule has 5 nitrogen and oxygen atoms in total. The maximum absolute atomic E-state index is 12.6. The van der Waals surface area contributed by atoms with E-state index in [1.165, 1.54) is 12.5 Å². The summed E-state index contributed by atoms with van der Waals surface area (Å²) in [5.74, 6) is 0.181. The maximum Gasteiger partial charge on any atom is 0.205 e. The van der Waals surface area contributed by atoms with Gasteiger partial charge in [0.05, 0.1) is 18.4 Å². The Hall–Kier alpha value is -2.48. The van der Waals surface area contributed by atoms with Crippen LogP contribution in [0.25, 0.3) is 0 Å². The zero-order chi connectivity index (χ0) is 15.2. The Morgan fingerprint density at radius 1 is 1.43 bits per heavy atom. The standard InChI is InChI=1S/C16H16N2O3/c1-16(2)5-11(19)14-12(6-16)21-15(18)10(7-17)13(14)9-3-4-20-8-9/h3-4,8,13H,5-6,18H2,1-2H3/t13-/m0/s1. The molecule has 0 spiro atoms. The van der Waals surface area contributed by atoms with Crippen LogP contribution in [-0.2, 0) is 9.53 Å². The second kappa shape index (κ2) is 4.52.